The molecule has 2 aliphatic rings. The van der Waals surface area contributed by atoms with Crippen molar-refractivity contribution in [3.63, 3.8) is 0 Å². The highest BCUT2D eigenvalue weighted by Gasteiger charge is 2.34. The molecular formula is C21H18N2O5. The van der Waals surface area contributed by atoms with Crippen molar-refractivity contribution in [1.29, 1.82) is 0 Å². The minimum Gasteiger partial charge on any atom is -0.454 e. The van der Waals surface area contributed by atoms with Gasteiger partial charge >= 0.3 is 0 Å². The molecular weight excluding hydrogens is 360 g/mol. The van der Waals surface area contributed by atoms with Gasteiger partial charge in [0.25, 0.3) is 5.91 Å². The second-order valence-corrected chi connectivity index (χ2v) is 6.73. The van der Waals surface area contributed by atoms with Gasteiger partial charge in [-0.05, 0) is 23.3 Å². The number of rotatable bonds is 3. The number of aromatic nitrogens is 1. The Labute approximate surface area is 161 Å². The van der Waals surface area contributed by atoms with Gasteiger partial charge in [-0.2, -0.15) is 0 Å². The molecule has 5 rings (SSSR count). The Hall–Kier alpha value is -3.32. The average molecular weight is 378 g/mol. The first-order valence-electron chi connectivity index (χ1n) is 9.07. The molecule has 2 atom stereocenters. The lowest BCUT2D eigenvalue weighted by atomic mass is 10.0. The van der Waals surface area contributed by atoms with Gasteiger partial charge in [-0.25, -0.2) is 0 Å². The van der Waals surface area contributed by atoms with Gasteiger partial charge in [-0.3, -0.25) is 4.79 Å². The molecule has 28 heavy (non-hydrogen) atoms. The van der Waals surface area contributed by atoms with E-state index in [1.165, 1.54) is 6.26 Å². The Balaban J connectivity index is 1.47. The third-order valence-electron chi connectivity index (χ3n) is 4.98. The Morgan fingerprint density at radius 3 is 2.50 bits per heavy atom. The van der Waals surface area contributed by atoms with Crippen LogP contribution < -0.4 is 9.47 Å². The van der Waals surface area contributed by atoms with Crippen LogP contribution in [0, 0.1) is 0 Å². The number of hydrogen-bond donors (Lipinski definition) is 0. The SMILES string of the molecule is O=C(c1ccon1)N1C[C@@H](c2ccccc2)O[C@@H](c2ccc3c(c2)OCO3)C1. The Morgan fingerprint density at radius 1 is 0.929 bits per heavy atom. The number of carbonyl (C=O) groups excluding carboxylic acids is 1. The fourth-order valence-corrected chi connectivity index (χ4v) is 3.56. The zero-order valence-corrected chi connectivity index (χ0v) is 15.0. The van der Waals surface area contributed by atoms with E-state index >= 15 is 0 Å². The molecule has 7 nitrogen and oxygen atoms in total. The van der Waals surface area contributed by atoms with Gasteiger partial charge in [0.15, 0.2) is 17.2 Å². The van der Waals surface area contributed by atoms with E-state index in [9.17, 15) is 4.79 Å². The number of ether oxygens (including phenoxy) is 3. The summed E-state index contributed by atoms with van der Waals surface area (Å²) in [6, 6.07) is 17.2. The standard InChI is InChI=1S/C21H18N2O5/c24-21(16-8-9-27-22-16)23-11-19(14-4-2-1-3-5-14)28-20(12-23)15-6-7-17-18(10-15)26-13-25-17/h1-10,19-20H,11-13H2/t19-,20+/m0/s1. The first-order valence-corrected chi connectivity index (χ1v) is 9.07. The van der Waals surface area contributed by atoms with Crippen LogP contribution in [-0.2, 0) is 4.74 Å². The van der Waals surface area contributed by atoms with Gasteiger partial charge in [-0.15, -0.1) is 0 Å². The Kier molecular flexibility index (Phi) is 4.21. The predicted octanol–water partition coefficient (Wildman–Crippen LogP) is 3.36. The van der Waals surface area contributed by atoms with Crippen LogP contribution in [-0.4, -0.2) is 35.8 Å². The van der Waals surface area contributed by atoms with E-state index in [2.05, 4.69) is 5.16 Å². The van der Waals surface area contributed by atoms with Crippen LogP contribution in [0.2, 0.25) is 0 Å². The lowest BCUT2D eigenvalue weighted by molar-refractivity contribution is -0.0799. The zero-order valence-electron chi connectivity index (χ0n) is 15.0. The maximum absolute atomic E-state index is 12.9. The highest BCUT2D eigenvalue weighted by Crippen LogP contribution is 2.38. The molecule has 0 bridgehead atoms. The van der Waals surface area contributed by atoms with Gasteiger partial charge in [0, 0.05) is 6.07 Å². The van der Waals surface area contributed by atoms with Gasteiger partial charge in [0.05, 0.1) is 13.1 Å². The van der Waals surface area contributed by atoms with Crippen LogP contribution >= 0.6 is 0 Å². The lowest BCUT2D eigenvalue weighted by Crippen LogP contribution is -2.43. The van der Waals surface area contributed by atoms with Crippen LogP contribution in [0.25, 0.3) is 0 Å². The molecule has 0 unspecified atom stereocenters. The quantitative estimate of drug-likeness (QED) is 0.696. The number of benzene rings is 2. The summed E-state index contributed by atoms with van der Waals surface area (Å²) >= 11 is 0. The molecule has 3 heterocycles. The normalized spacial score (nSPS) is 20.9. The minimum absolute atomic E-state index is 0.177. The summed E-state index contributed by atoms with van der Waals surface area (Å²) in [5, 5.41) is 3.79. The monoisotopic (exact) mass is 378 g/mol. The molecule has 1 amide bonds. The van der Waals surface area contributed by atoms with Crippen molar-refractivity contribution in [2.45, 2.75) is 12.2 Å². The molecule has 0 N–H and O–H groups in total. The second-order valence-electron chi connectivity index (χ2n) is 6.73. The topological polar surface area (TPSA) is 74.0 Å². The molecule has 0 saturated carbocycles. The van der Waals surface area contributed by atoms with E-state index < -0.39 is 0 Å². The number of nitrogens with zero attached hydrogens (tertiary/aromatic N) is 2. The van der Waals surface area contributed by atoms with E-state index in [4.69, 9.17) is 18.7 Å². The van der Waals surface area contributed by atoms with Crippen LogP contribution in [0.15, 0.2) is 65.4 Å². The molecule has 1 fully saturated rings. The third-order valence-corrected chi connectivity index (χ3v) is 4.98. The number of hydrogen-bond acceptors (Lipinski definition) is 6. The number of morpholine rings is 1. The van der Waals surface area contributed by atoms with Crippen molar-refractivity contribution in [1.82, 2.24) is 10.1 Å². The molecule has 2 aromatic carbocycles. The maximum Gasteiger partial charge on any atom is 0.276 e. The van der Waals surface area contributed by atoms with E-state index in [-0.39, 0.29) is 30.6 Å². The summed E-state index contributed by atoms with van der Waals surface area (Å²) < 4.78 is 22.1. The summed E-state index contributed by atoms with van der Waals surface area (Å²) in [7, 11) is 0. The number of amides is 1. The fraction of sp³-hybridized carbons (Fsp3) is 0.238. The summed E-state index contributed by atoms with van der Waals surface area (Å²) in [5.74, 6) is 1.23. The maximum atomic E-state index is 12.9. The van der Waals surface area contributed by atoms with E-state index in [1.807, 2.05) is 48.5 Å². The molecule has 2 aliphatic heterocycles. The Bertz CT molecular complexity index is 974. The van der Waals surface area contributed by atoms with Crippen LogP contribution in [0.4, 0.5) is 0 Å². The van der Waals surface area contributed by atoms with Crippen molar-refractivity contribution >= 4 is 5.91 Å². The summed E-state index contributed by atoms with van der Waals surface area (Å²) in [5.41, 5.74) is 2.24. The fourth-order valence-electron chi connectivity index (χ4n) is 3.56. The van der Waals surface area contributed by atoms with Crippen LogP contribution in [0.1, 0.15) is 33.8 Å². The van der Waals surface area contributed by atoms with Crippen molar-refractivity contribution in [3.8, 4) is 11.5 Å². The first kappa shape index (κ1) is 16.8. The lowest BCUT2D eigenvalue weighted by Gasteiger charge is -2.38. The molecule has 142 valence electrons. The molecule has 0 aliphatic carbocycles. The van der Waals surface area contributed by atoms with Crippen LogP contribution in [0.3, 0.4) is 0 Å². The molecule has 0 radical (unpaired) electrons. The van der Waals surface area contributed by atoms with E-state index in [0.717, 1.165) is 16.9 Å². The molecule has 1 aromatic heterocycles. The van der Waals surface area contributed by atoms with Gasteiger partial charge in [0.2, 0.25) is 6.79 Å². The third kappa shape index (κ3) is 3.10. The second kappa shape index (κ2) is 7.01. The van der Waals surface area contributed by atoms with Gasteiger partial charge in [0.1, 0.15) is 18.5 Å². The van der Waals surface area contributed by atoms with Crippen molar-refractivity contribution in [2.75, 3.05) is 19.9 Å². The minimum atomic E-state index is -0.302. The predicted molar refractivity (Wildman–Crippen MR) is 98.0 cm³/mol. The summed E-state index contributed by atoms with van der Waals surface area (Å²) in [6.07, 6.45) is 0.850. The van der Waals surface area contributed by atoms with Crippen molar-refractivity contribution in [2.24, 2.45) is 0 Å². The van der Waals surface area contributed by atoms with E-state index in [0.29, 0.717) is 18.8 Å². The van der Waals surface area contributed by atoms with E-state index in [1.54, 1.807) is 11.0 Å². The smallest absolute Gasteiger partial charge is 0.276 e. The molecule has 1 saturated heterocycles. The van der Waals surface area contributed by atoms with Crippen LogP contribution in [0.5, 0.6) is 11.5 Å². The van der Waals surface area contributed by atoms with Gasteiger partial charge < -0.3 is 23.6 Å². The number of carbonyl (C=O) groups is 1. The first-order chi connectivity index (χ1) is 13.8. The van der Waals surface area contributed by atoms with Crippen molar-refractivity contribution < 1.29 is 23.5 Å². The highest BCUT2D eigenvalue weighted by atomic mass is 16.7. The molecule has 0 spiro atoms. The molecule has 3 aromatic rings. The Morgan fingerprint density at radius 2 is 1.71 bits per heavy atom. The highest BCUT2D eigenvalue weighted by molar-refractivity contribution is 5.92. The number of fused-ring (bicyclic) bond motifs is 1. The van der Waals surface area contributed by atoms with Gasteiger partial charge in [-0.1, -0.05) is 41.6 Å². The largest absolute Gasteiger partial charge is 0.454 e. The average Bonchev–Trinajstić information content (AvgIpc) is 3.45. The van der Waals surface area contributed by atoms with Crippen molar-refractivity contribution in [3.05, 3.63) is 77.7 Å². The summed E-state index contributed by atoms with van der Waals surface area (Å²) in [4.78, 5) is 14.7. The zero-order chi connectivity index (χ0) is 18.9. The summed E-state index contributed by atoms with van der Waals surface area (Å²) in [6.45, 7) is 1.07. The molecule has 7 heteroatoms.